The number of likely N-dealkylation sites (tertiary alicyclic amines) is 1. The zero-order chi connectivity index (χ0) is 15.6. The molecule has 0 aromatic heterocycles. The number of hydrogen-bond donors (Lipinski definition) is 1. The van der Waals surface area contributed by atoms with Gasteiger partial charge in [0.2, 0.25) is 11.8 Å². The maximum Gasteiger partial charge on any atom is 0.247 e. The van der Waals surface area contributed by atoms with Crippen molar-refractivity contribution >= 4 is 11.8 Å². The third-order valence-electron chi connectivity index (χ3n) is 4.62. The fourth-order valence-corrected chi connectivity index (χ4v) is 3.48. The number of carbonyl (C=O) groups excluding carboxylic acids is 2. The predicted octanol–water partition coefficient (Wildman–Crippen LogP) is 1.85. The summed E-state index contributed by atoms with van der Waals surface area (Å²) in [4.78, 5) is 26.2. The van der Waals surface area contributed by atoms with E-state index in [1.54, 1.807) is 0 Å². The van der Waals surface area contributed by atoms with Crippen LogP contribution in [0, 0.1) is 0 Å². The molecule has 2 saturated heterocycles. The molecule has 2 aliphatic rings. The summed E-state index contributed by atoms with van der Waals surface area (Å²) >= 11 is 0. The average molecular weight is 296 g/mol. The number of amides is 2. The SMILES string of the molecule is CCC(CC)N1C(=O)CC(NC2CCOC(C)(C)C2)C1=O. The molecule has 2 amide bonds. The van der Waals surface area contributed by atoms with Crippen molar-refractivity contribution < 1.29 is 14.3 Å². The zero-order valence-corrected chi connectivity index (χ0v) is 13.6. The van der Waals surface area contributed by atoms with Crippen LogP contribution in [-0.2, 0) is 14.3 Å². The summed E-state index contributed by atoms with van der Waals surface area (Å²) in [7, 11) is 0. The second-order valence-corrected chi connectivity index (χ2v) is 6.79. The van der Waals surface area contributed by atoms with Crippen LogP contribution in [0.3, 0.4) is 0 Å². The van der Waals surface area contributed by atoms with Gasteiger partial charge < -0.3 is 10.1 Å². The molecule has 2 fully saturated rings. The van der Waals surface area contributed by atoms with Crippen molar-refractivity contribution in [3.05, 3.63) is 0 Å². The lowest BCUT2D eigenvalue weighted by Crippen LogP contribution is -2.50. The van der Waals surface area contributed by atoms with Gasteiger partial charge in [-0.05, 0) is 39.5 Å². The molecule has 0 aliphatic carbocycles. The molecule has 5 nitrogen and oxygen atoms in total. The Morgan fingerprint density at radius 1 is 1.33 bits per heavy atom. The van der Waals surface area contributed by atoms with E-state index in [1.807, 2.05) is 13.8 Å². The normalized spacial score (nSPS) is 29.5. The molecule has 1 N–H and O–H groups in total. The van der Waals surface area contributed by atoms with Gasteiger partial charge in [0, 0.05) is 18.7 Å². The van der Waals surface area contributed by atoms with E-state index in [-0.39, 0.29) is 35.5 Å². The van der Waals surface area contributed by atoms with Crippen LogP contribution in [-0.4, -0.2) is 47.0 Å². The van der Waals surface area contributed by atoms with Crippen molar-refractivity contribution in [1.29, 1.82) is 0 Å². The number of imide groups is 1. The Kier molecular flexibility index (Phi) is 5.04. The second-order valence-electron chi connectivity index (χ2n) is 6.79. The predicted molar refractivity (Wildman–Crippen MR) is 80.8 cm³/mol. The Morgan fingerprint density at radius 3 is 2.57 bits per heavy atom. The maximum absolute atomic E-state index is 12.5. The van der Waals surface area contributed by atoms with E-state index in [4.69, 9.17) is 4.74 Å². The van der Waals surface area contributed by atoms with Crippen LogP contribution in [0.25, 0.3) is 0 Å². The Balaban J connectivity index is 1.99. The summed E-state index contributed by atoms with van der Waals surface area (Å²) in [6.07, 6.45) is 3.71. The molecule has 2 atom stereocenters. The van der Waals surface area contributed by atoms with Crippen LogP contribution in [0.4, 0.5) is 0 Å². The molecular formula is C16H28N2O3. The molecule has 0 radical (unpaired) electrons. The Bertz CT molecular complexity index is 404. The van der Waals surface area contributed by atoms with Crippen LogP contribution in [0.5, 0.6) is 0 Å². The Labute approximate surface area is 127 Å². The van der Waals surface area contributed by atoms with Crippen molar-refractivity contribution in [1.82, 2.24) is 10.2 Å². The molecule has 2 rings (SSSR count). The highest BCUT2D eigenvalue weighted by Crippen LogP contribution is 2.26. The fraction of sp³-hybridized carbons (Fsp3) is 0.875. The Hall–Kier alpha value is -0.940. The number of nitrogens with zero attached hydrogens (tertiary/aromatic N) is 1. The third kappa shape index (κ3) is 3.64. The van der Waals surface area contributed by atoms with Crippen LogP contribution >= 0.6 is 0 Å². The third-order valence-corrected chi connectivity index (χ3v) is 4.62. The summed E-state index contributed by atoms with van der Waals surface area (Å²) in [5.74, 6) is -0.0736. The summed E-state index contributed by atoms with van der Waals surface area (Å²) < 4.78 is 5.70. The van der Waals surface area contributed by atoms with Crippen LogP contribution in [0.2, 0.25) is 0 Å². The van der Waals surface area contributed by atoms with Crippen molar-refractivity contribution in [3.63, 3.8) is 0 Å². The molecule has 5 heteroatoms. The van der Waals surface area contributed by atoms with Gasteiger partial charge in [-0.3, -0.25) is 14.5 Å². The van der Waals surface area contributed by atoms with Crippen molar-refractivity contribution in [3.8, 4) is 0 Å². The van der Waals surface area contributed by atoms with Crippen LogP contribution in [0.1, 0.15) is 59.8 Å². The van der Waals surface area contributed by atoms with Crippen LogP contribution in [0.15, 0.2) is 0 Å². The molecule has 2 unspecified atom stereocenters. The largest absolute Gasteiger partial charge is 0.375 e. The van der Waals surface area contributed by atoms with E-state index in [9.17, 15) is 9.59 Å². The van der Waals surface area contributed by atoms with Gasteiger partial charge in [-0.2, -0.15) is 0 Å². The van der Waals surface area contributed by atoms with Gasteiger partial charge in [0.1, 0.15) is 0 Å². The standard InChI is InChI=1S/C16H28N2O3/c1-5-12(6-2)18-14(19)9-13(15(18)20)17-11-7-8-21-16(3,4)10-11/h11-13,17H,5-10H2,1-4H3. The highest BCUT2D eigenvalue weighted by molar-refractivity contribution is 6.05. The molecule has 0 bridgehead atoms. The minimum Gasteiger partial charge on any atom is -0.375 e. The van der Waals surface area contributed by atoms with E-state index < -0.39 is 0 Å². The summed E-state index contributed by atoms with van der Waals surface area (Å²) in [6.45, 7) is 8.89. The minimum atomic E-state index is -0.350. The molecule has 120 valence electrons. The van der Waals surface area contributed by atoms with Crippen LogP contribution < -0.4 is 5.32 Å². The first-order valence-electron chi connectivity index (χ1n) is 8.14. The van der Waals surface area contributed by atoms with E-state index in [0.717, 1.165) is 25.7 Å². The lowest BCUT2D eigenvalue weighted by Gasteiger charge is -2.36. The number of nitrogens with one attached hydrogen (secondary N) is 1. The van der Waals surface area contributed by atoms with Crippen molar-refractivity contribution in [2.75, 3.05) is 6.61 Å². The molecule has 0 aromatic carbocycles. The summed E-state index contributed by atoms with van der Waals surface area (Å²) in [5.41, 5.74) is -0.156. The zero-order valence-electron chi connectivity index (χ0n) is 13.6. The molecule has 2 aliphatic heterocycles. The van der Waals surface area contributed by atoms with Gasteiger partial charge in [-0.25, -0.2) is 0 Å². The summed E-state index contributed by atoms with van der Waals surface area (Å²) in [6, 6.07) is -0.0583. The van der Waals surface area contributed by atoms with Crippen molar-refractivity contribution in [2.45, 2.75) is 83.5 Å². The van der Waals surface area contributed by atoms with E-state index in [2.05, 4.69) is 19.2 Å². The number of rotatable bonds is 5. The number of hydrogen-bond acceptors (Lipinski definition) is 4. The number of ether oxygens (including phenoxy) is 1. The second kappa shape index (κ2) is 6.44. The first-order chi connectivity index (χ1) is 9.88. The molecule has 2 heterocycles. The number of carbonyl (C=O) groups is 2. The molecule has 0 aromatic rings. The topological polar surface area (TPSA) is 58.6 Å². The van der Waals surface area contributed by atoms with Gasteiger partial charge in [-0.1, -0.05) is 13.8 Å². The molecule has 0 spiro atoms. The lowest BCUT2D eigenvalue weighted by molar-refractivity contribution is -0.142. The van der Waals surface area contributed by atoms with E-state index in [1.165, 1.54) is 4.90 Å². The fourth-order valence-electron chi connectivity index (χ4n) is 3.48. The molecule has 0 saturated carbocycles. The van der Waals surface area contributed by atoms with Gasteiger partial charge in [-0.15, -0.1) is 0 Å². The summed E-state index contributed by atoms with van der Waals surface area (Å²) in [5, 5.41) is 3.39. The molecule has 21 heavy (non-hydrogen) atoms. The van der Waals surface area contributed by atoms with Gasteiger partial charge in [0.25, 0.3) is 0 Å². The van der Waals surface area contributed by atoms with Gasteiger partial charge in [0.15, 0.2) is 0 Å². The molecular weight excluding hydrogens is 268 g/mol. The van der Waals surface area contributed by atoms with Gasteiger partial charge >= 0.3 is 0 Å². The highest BCUT2D eigenvalue weighted by Gasteiger charge is 2.42. The van der Waals surface area contributed by atoms with Crippen molar-refractivity contribution in [2.24, 2.45) is 0 Å². The maximum atomic E-state index is 12.5. The Morgan fingerprint density at radius 2 is 2.00 bits per heavy atom. The monoisotopic (exact) mass is 296 g/mol. The van der Waals surface area contributed by atoms with Gasteiger partial charge in [0.05, 0.1) is 18.1 Å². The van der Waals surface area contributed by atoms with E-state index in [0.29, 0.717) is 13.0 Å². The quantitative estimate of drug-likeness (QED) is 0.787. The smallest absolute Gasteiger partial charge is 0.247 e. The first-order valence-corrected chi connectivity index (χ1v) is 8.14. The average Bonchev–Trinajstić information content (AvgIpc) is 2.67. The lowest BCUT2D eigenvalue weighted by atomic mass is 9.93. The van der Waals surface area contributed by atoms with E-state index >= 15 is 0 Å². The first kappa shape index (κ1) is 16.4. The highest BCUT2D eigenvalue weighted by atomic mass is 16.5. The minimum absolute atomic E-state index is 0.0301.